The molecule has 0 fully saturated rings. The summed E-state index contributed by atoms with van der Waals surface area (Å²) in [6.45, 7) is 3.39. The Hall–Kier alpha value is -2.14. The van der Waals surface area contributed by atoms with Crippen molar-refractivity contribution < 1.29 is 4.79 Å². The Bertz CT molecular complexity index is 774. The zero-order chi connectivity index (χ0) is 13.6. The number of aryl methyl sites for hydroxylation is 1. The highest BCUT2D eigenvalue weighted by molar-refractivity contribution is 6.34. The van der Waals surface area contributed by atoms with Crippen molar-refractivity contribution in [1.29, 1.82) is 0 Å². The zero-order valence-corrected chi connectivity index (χ0v) is 11.2. The molecule has 0 spiro atoms. The summed E-state index contributed by atoms with van der Waals surface area (Å²) in [4.78, 5) is 16.1. The minimum atomic E-state index is -0.0481. The molecule has 5 nitrogen and oxygen atoms in total. The Morgan fingerprint density at radius 3 is 2.84 bits per heavy atom. The van der Waals surface area contributed by atoms with Crippen LogP contribution in [-0.4, -0.2) is 25.4 Å². The van der Waals surface area contributed by atoms with Crippen molar-refractivity contribution in [2.45, 2.75) is 13.8 Å². The molecular formula is C13H11ClN4O. The van der Waals surface area contributed by atoms with Crippen LogP contribution < -0.4 is 0 Å². The summed E-state index contributed by atoms with van der Waals surface area (Å²) in [6, 6.07) is 1.68. The van der Waals surface area contributed by atoms with Crippen LogP contribution in [0.25, 0.3) is 16.8 Å². The highest BCUT2D eigenvalue weighted by atomic mass is 35.5. The minimum Gasteiger partial charge on any atom is -0.294 e. The van der Waals surface area contributed by atoms with E-state index in [-0.39, 0.29) is 5.78 Å². The summed E-state index contributed by atoms with van der Waals surface area (Å²) in [5.41, 5.74) is 2.92. The summed E-state index contributed by atoms with van der Waals surface area (Å²) < 4.78 is 1.88. The van der Waals surface area contributed by atoms with Gasteiger partial charge < -0.3 is 0 Å². The molecule has 0 aliphatic heterocycles. The molecule has 0 radical (unpaired) electrons. The Kier molecular flexibility index (Phi) is 2.64. The van der Waals surface area contributed by atoms with Gasteiger partial charge in [0.1, 0.15) is 5.82 Å². The van der Waals surface area contributed by atoms with E-state index < -0.39 is 0 Å². The average molecular weight is 275 g/mol. The molecule has 0 unspecified atom stereocenters. The largest absolute Gasteiger partial charge is 0.294 e. The van der Waals surface area contributed by atoms with Crippen LogP contribution >= 0.6 is 11.6 Å². The van der Waals surface area contributed by atoms with E-state index in [0.29, 0.717) is 10.6 Å². The normalized spacial score (nSPS) is 11.1. The third-order valence-electron chi connectivity index (χ3n) is 3.08. The maximum Gasteiger partial charge on any atom is 0.161 e. The predicted molar refractivity (Wildman–Crippen MR) is 72.5 cm³/mol. The number of ketones is 1. The number of Topliss-reactive ketones (excluding diaryl/α,β-unsaturated/α-hetero) is 1. The summed E-state index contributed by atoms with van der Waals surface area (Å²) in [6.07, 6.45) is 5.12. The van der Waals surface area contributed by atoms with Gasteiger partial charge in [0.2, 0.25) is 0 Å². The van der Waals surface area contributed by atoms with E-state index in [2.05, 4.69) is 15.2 Å². The lowest BCUT2D eigenvalue weighted by Gasteiger charge is -2.11. The van der Waals surface area contributed by atoms with Gasteiger partial charge in [0.15, 0.2) is 5.78 Å². The lowest BCUT2D eigenvalue weighted by molar-refractivity contribution is 0.101. The van der Waals surface area contributed by atoms with Crippen LogP contribution in [0.5, 0.6) is 0 Å². The molecule has 3 aromatic rings. The standard InChI is InChI=1S/C13H11ClN4O/c1-7(19)10-3-11(14)12-6-15-8(2)18(12)13(10)9-4-16-17-5-9/h3-6H,1-2H3,(H,16,17). The molecule has 6 heteroatoms. The molecule has 3 aromatic heterocycles. The lowest BCUT2D eigenvalue weighted by Crippen LogP contribution is -2.04. The summed E-state index contributed by atoms with van der Waals surface area (Å²) in [5, 5.41) is 7.21. The van der Waals surface area contributed by atoms with Crippen molar-refractivity contribution in [3.05, 3.63) is 41.1 Å². The van der Waals surface area contributed by atoms with Gasteiger partial charge in [-0.15, -0.1) is 0 Å². The summed E-state index contributed by atoms with van der Waals surface area (Å²) >= 11 is 6.22. The number of imidazole rings is 1. The number of carbonyl (C=O) groups is 1. The SMILES string of the molecule is CC(=O)c1cc(Cl)c2cnc(C)n2c1-c1cn[nH]c1. The van der Waals surface area contributed by atoms with E-state index in [1.54, 1.807) is 24.7 Å². The number of hydrogen-bond acceptors (Lipinski definition) is 3. The molecule has 96 valence electrons. The highest BCUT2D eigenvalue weighted by Crippen LogP contribution is 2.30. The fraction of sp³-hybridized carbons (Fsp3) is 0.154. The molecule has 19 heavy (non-hydrogen) atoms. The van der Waals surface area contributed by atoms with Crippen LogP contribution in [0.4, 0.5) is 0 Å². The van der Waals surface area contributed by atoms with Crippen molar-refractivity contribution in [3.63, 3.8) is 0 Å². The van der Waals surface area contributed by atoms with E-state index in [1.807, 2.05) is 11.3 Å². The monoisotopic (exact) mass is 274 g/mol. The van der Waals surface area contributed by atoms with Gasteiger partial charge >= 0.3 is 0 Å². The lowest BCUT2D eigenvalue weighted by atomic mass is 10.1. The number of rotatable bonds is 2. The van der Waals surface area contributed by atoms with Gasteiger partial charge in [-0.1, -0.05) is 11.6 Å². The molecule has 0 aliphatic carbocycles. The third-order valence-corrected chi connectivity index (χ3v) is 3.39. The van der Waals surface area contributed by atoms with E-state index in [9.17, 15) is 4.79 Å². The van der Waals surface area contributed by atoms with Crippen molar-refractivity contribution in [3.8, 4) is 11.3 Å². The van der Waals surface area contributed by atoms with Crippen LogP contribution in [0, 0.1) is 6.92 Å². The number of nitrogens with one attached hydrogen (secondary N) is 1. The van der Waals surface area contributed by atoms with E-state index in [0.717, 1.165) is 22.6 Å². The maximum atomic E-state index is 11.9. The maximum absolute atomic E-state index is 11.9. The first kappa shape index (κ1) is 11.9. The molecule has 1 N–H and O–H groups in total. The van der Waals surface area contributed by atoms with E-state index >= 15 is 0 Å². The first-order valence-electron chi connectivity index (χ1n) is 5.76. The fourth-order valence-corrected chi connectivity index (χ4v) is 2.46. The van der Waals surface area contributed by atoms with Crippen LogP contribution in [0.3, 0.4) is 0 Å². The Morgan fingerprint density at radius 2 is 2.21 bits per heavy atom. The molecule has 0 atom stereocenters. The number of aromatic nitrogens is 4. The smallest absolute Gasteiger partial charge is 0.161 e. The molecule has 0 amide bonds. The minimum absolute atomic E-state index is 0.0481. The number of halogens is 1. The second-order valence-electron chi connectivity index (χ2n) is 4.32. The van der Waals surface area contributed by atoms with Gasteiger partial charge in [-0.3, -0.25) is 14.3 Å². The quantitative estimate of drug-likeness (QED) is 0.731. The predicted octanol–water partition coefficient (Wildman–Crippen LogP) is 2.89. The van der Waals surface area contributed by atoms with Crippen molar-refractivity contribution >= 4 is 22.9 Å². The molecule has 0 aliphatic rings. The number of aromatic amines is 1. The molecule has 0 saturated carbocycles. The molecule has 0 saturated heterocycles. The Balaban J connectivity index is 2.51. The molecule has 0 aromatic carbocycles. The number of carbonyl (C=O) groups excluding carboxylic acids is 1. The van der Waals surface area contributed by atoms with E-state index in [4.69, 9.17) is 11.6 Å². The number of H-pyrrole nitrogens is 1. The summed E-state index contributed by atoms with van der Waals surface area (Å²) in [7, 11) is 0. The fourth-order valence-electron chi connectivity index (χ4n) is 2.22. The molecule has 0 bridgehead atoms. The van der Waals surface area contributed by atoms with Crippen molar-refractivity contribution in [1.82, 2.24) is 19.6 Å². The zero-order valence-electron chi connectivity index (χ0n) is 10.4. The third kappa shape index (κ3) is 1.74. The van der Waals surface area contributed by atoms with Crippen LogP contribution in [0.2, 0.25) is 5.02 Å². The van der Waals surface area contributed by atoms with Gasteiger partial charge in [0, 0.05) is 17.3 Å². The van der Waals surface area contributed by atoms with Gasteiger partial charge in [0.05, 0.1) is 28.6 Å². The van der Waals surface area contributed by atoms with Crippen LogP contribution in [0.15, 0.2) is 24.7 Å². The van der Waals surface area contributed by atoms with Gasteiger partial charge in [-0.25, -0.2) is 4.98 Å². The average Bonchev–Trinajstić information content (AvgIpc) is 3.00. The van der Waals surface area contributed by atoms with Crippen LogP contribution in [0.1, 0.15) is 23.1 Å². The second kappa shape index (κ2) is 4.20. The second-order valence-corrected chi connectivity index (χ2v) is 4.73. The number of fused-ring (bicyclic) bond motifs is 1. The Morgan fingerprint density at radius 1 is 1.42 bits per heavy atom. The topological polar surface area (TPSA) is 63.1 Å². The van der Waals surface area contributed by atoms with Crippen molar-refractivity contribution in [2.24, 2.45) is 0 Å². The molecule has 3 heterocycles. The van der Waals surface area contributed by atoms with Gasteiger partial charge in [-0.05, 0) is 19.9 Å². The number of nitrogens with zero attached hydrogens (tertiary/aromatic N) is 3. The number of hydrogen-bond donors (Lipinski definition) is 1. The molecular weight excluding hydrogens is 264 g/mol. The first-order valence-corrected chi connectivity index (χ1v) is 6.14. The molecule has 3 rings (SSSR count). The Labute approximate surface area is 114 Å². The van der Waals surface area contributed by atoms with Crippen molar-refractivity contribution in [2.75, 3.05) is 0 Å². The summed E-state index contributed by atoms with van der Waals surface area (Å²) in [5.74, 6) is 0.726. The highest BCUT2D eigenvalue weighted by Gasteiger charge is 2.18. The van der Waals surface area contributed by atoms with Crippen LogP contribution in [-0.2, 0) is 0 Å². The van der Waals surface area contributed by atoms with Gasteiger partial charge in [0.25, 0.3) is 0 Å². The van der Waals surface area contributed by atoms with E-state index in [1.165, 1.54) is 6.92 Å². The first-order chi connectivity index (χ1) is 9.09. The van der Waals surface area contributed by atoms with Gasteiger partial charge in [-0.2, -0.15) is 5.10 Å². The number of pyridine rings is 1.